The predicted molar refractivity (Wildman–Crippen MR) is 130 cm³/mol. The molecule has 0 saturated carbocycles. The Morgan fingerprint density at radius 3 is 2.39 bits per heavy atom. The van der Waals surface area contributed by atoms with Gasteiger partial charge in [-0.2, -0.15) is 0 Å². The van der Waals surface area contributed by atoms with Crippen molar-refractivity contribution < 1.29 is 33.0 Å². The minimum Gasteiger partial charge on any atom is -0.503 e. The number of amides is 2. The van der Waals surface area contributed by atoms with Crippen molar-refractivity contribution in [2.24, 2.45) is 0 Å². The maximum Gasteiger partial charge on any atom is 0.304 e. The summed E-state index contributed by atoms with van der Waals surface area (Å²) in [4.78, 5) is 37.2. The van der Waals surface area contributed by atoms with Crippen molar-refractivity contribution in [3.63, 3.8) is 0 Å². The summed E-state index contributed by atoms with van der Waals surface area (Å²) in [6.45, 7) is 0.00187. The molecule has 3 N–H and O–H groups in total. The average molecular weight is 527 g/mol. The second-order valence-electron chi connectivity index (χ2n) is 8.79. The zero-order valence-corrected chi connectivity index (χ0v) is 20.0. The highest BCUT2D eigenvalue weighted by Crippen LogP contribution is 2.21. The molecular formula is C27H24F3N3O5. The van der Waals surface area contributed by atoms with Crippen molar-refractivity contribution in [2.75, 3.05) is 6.54 Å². The number of nitrogens with zero attached hydrogens (tertiary/aromatic N) is 2. The minimum absolute atomic E-state index is 0.150. The molecule has 3 aromatic rings. The Morgan fingerprint density at radius 2 is 1.74 bits per heavy atom. The lowest BCUT2D eigenvalue weighted by molar-refractivity contribution is -0.137. The molecule has 38 heavy (non-hydrogen) atoms. The van der Waals surface area contributed by atoms with Crippen molar-refractivity contribution in [3.05, 3.63) is 117 Å². The number of carbonyl (C=O) groups is 2. The number of pyridine rings is 1. The topological polar surface area (TPSA) is 112 Å². The van der Waals surface area contributed by atoms with Crippen molar-refractivity contribution >= 4 is 11.8 Å². The van der Waals surface area contributed by atoms with Gasteiger partial charge in [-0.25, -0.2) is 13.2 Å². The van der Waals surface area contributed by atoms with Crippen LogP contribution in [-0.4, -0.2) is 38.1 Å². The summed E-state index contributed by atoms with van der Waals surface area (Å²) in [6, 6.07) is 10.3. The van der Waals surface area contributed by atoms with Gasteiger partial charge in [0.05, 0.1) is 12.1 Å². The molecule has 0 aliphatic carbocycles. The van der Waals surface area contributed by atoms with E-state index in [0.29, 0.717) is 12.5 Å². The molecule has 1 fully saturated rings. The van der Waals surface area contributed by atoms with Gasteiger partial charge in [-0.05, 0) is 42.3 Å². The highest BCUT2D eigenvalue weighted by Gasteiger charge is 2.24. The van der Waals surface area contributed by atoms with Crippen LogP contribution in [0.2, 0.25) is 0 Å². The molecule has 0 bridgehead atoms. The molecule has 1 saturated heterocycles. The number of hydrogen-bond acceptors (Lipinski definition) is 5. The number of hydrogen-bond donors (Lipinski definition) is 3. The van der Waals surface area contributed by atoms with Gasteiger partial charge in [-0.1, -0.05) is 24.3 Å². The smallest absolute Gasteiger partial charge is 0.304 e. The standard InChI is InChI=1S/C27H24F3N3O5/c28-20-6-2-1-5-17(20)15-32-14-16(11-18-21(29)7-3-8-22(18)30)12-19(27(32)38)23(34)13-24(35)26(37)31-33-10-4-9-25(33)36/h1-3,5-8,12-14,23,34-35H,4,9-11,15H2,(H,31,37). The third-order valence-corrected chi connectivity index (χ3v) is 6.09. The van der Waals surface area contributed by atoms with E-state index in [1.807, 2.05) is 0 Å². The van der Waals surface area contributed by atoms with Gasteiger partial charge in [-0.3, -0.25) is 24.8 Å². The van der Waals surface area contributed by atoms with Gasteiger partial charge in [0.1, 0.15) is 23.6 Å². The fraction of sp³-hybridized carbons (Fsp3) is 0.222. The number of aromatic nitrogens is 1. The van der Waals surface area contributed by atoms with Crippen LogP contribution in [0.3, 0.4) is 0 Å². The van der Waals surface area contributed by atoms with Gasteiger partial charge >= 0.3 is 5.91 Å². The Morgan fingerprint density at radius 1 is 1.05 bits per heavy atom. The molecule has 2 amide bonds. The number of aliphatic hydroxyl groups is 2. The Bertz CT molecular complexity index is 1450. The molecule has 0 radical (unpaired) electrons. The fourth-order valence-electron chi connectivity index (χ4n) is 4.13. The van der Waals surface area contributed by atoms with E-state index >= 15 is 0 Å². The summed E-state index contributed by atoms with van der Waals surface area (Å²) in [5, 5.41) is 22.0. The van der Waals surface area contributed by atoms with E-state index in [-0.39, 0.29) is 54.1 Å². The summed E-state index contributed by atoms with van der Waals surface area (Å²) in [5.74, 6) is -4.58. The van der Waals surface area contributed by atoms with E-state index in [0.717, 1.165) is 21.7 Å². The number of hydrazine groups is 1. The predicted octanol–water partition coefficient (Wildman–Crippen LogP) is 3.03. The second-order valence-corrected chi connectivity index (χ2v) is 8.79. The van der Waals surface area contributed by atoms with Crippen LogP contribution < -0.4 is 11.0 Å². The van der Waals surface area contributed by atoms with E-state index in [9.17, 15) is 37.8 Å². The van der Waals surface area contributed by atoms with Crippen molar-refractivity contribution in [1.82, 2.24) is 15.0 Å². The second kappa shape index (κ2) is 11.3. The minimum atomic E-state index is -1.82. The van der Waals surface area contributed by atoms with Crippen LogP contribution in [0.25, 0.3) is 0 Å². The van der Waals surface area contributed by atoms with Crippen LogP contribution >= 0.6 is 0 Å². The first kappa shape index (κ1) is 26.7. The summed E-state index contributed by atoms with van der Waals surface area (Å²) < 4.78 is 44.0. The van der Waals surface area contributed by atoms with Crippen molar-refractivity contribution in [2.45, 2.75) is 31.9 Å². The zero-order valence-electron chi connectivity index (χ0n) is 20.0. The number of aliphatic hydroxyl groups excluding tert-OH is 2. The average Bonchev–Trinajstić information content (AvgIpc) is 3.28. The van der Waals surface area contributed by atoms with Gasteiger partial charge in [0.2, 0.25) is 5.91 Å². The summed E-state index contributed by atoms with van der Waals surface area (Å²) >= 11 is 0. The lowest BCUT2D eigenvalue weighted by Crippen LogP contribution is -2.43. The van der Waals surface area contributed by atoms with Gasteiger partial charge in [0.15, 0.2) is 5.76 Å². The molecule has 0 spiro atoms. The maximum absolute atomic E-state index is 14.3. The van der Waals surface area contributed by atoms with Gasteiger partial charge in [0.25, 0.3) is 5.56 Å². The normalized spacial score (nSPS) is 14.6. The highest BCUT2D eigenvalue weighted by molar-refractivity contribution is 5.92. The molecule has 2 aromatic carbocycles. The summed E-state index contributed by atoms with van der Waals surface area (Å²) in [6.07, 6.45) is 0.649. The van der Waals surface area contributed by atoms with Gasteiger partial charge < -0.3 is 14.8 Å². The molecular weight excluding hydrogens is 503 g/mol. The molecule has 1 atom stereocenters. The van der Waals surface area contributed by atoms with Crippen LogP contribution in [0.4, 0.5) is 13.2 Å². The largest absolute Gasteiger partial charge is 0.503 e. The first-order valence-corrected chi connectivity index (χ1v) is 11.7. The van der Waals surface area contributed by atoms with Crippen molar-refractivity contribution in [3.8, 4) is 0 Å². The van der Waals surface area contributed by atoms with E-state index in [1.165, 1.54) is 36.5 Å². The molecule has 1 aliphatic heterocycles. The van der Waals surface area contributed by atoms with Crippen LogP contribution in [0.15, 0.2) is 71.4 Å². The van der Waals surface area contributed by atoms with Crippen LogP contribution in [0.5, 0.6) is 0 Å². The highest BCUT2D eigenvalue weighted by atomic mass is 19.1. The Labute approximate surface area is 215 Å². The first-order chi connectivity index (χ1) is 18.1. The van der Waals surface area contributed by atoms with Crippen LogP contribution in [0, 0.1) is 17.5 Å². The van der Waals surface area contributed by atoms with E-state index in [2.05, 4.69) is 5.43 Å². The third kappa shape index (κ3) is 5.94. The quantitative estimate of drug-likeness (QED) is 0.308. The maximum atomic E-state index is 14.3. The van der Waals surface area contributed by atoms with E-state index in [1.54, 1.807) is 6.07 Å². The van der Waals surface area contributed by atoms with Crippen LogP contribution in [0.1, 0.15) is 41.2 Å². The molecule has 4 rings (SSSR count). The fourth-order valence-corrected chi connectivity index (χ4v) is 4.13. The molecule has 1 unspecified atom stereocenters. The third-order valence-electron chi connectivity index (χ3n) is 6.09. The number of carbonyl (C=O) groups excluding carboxylic acids is 2. The number of rotatable bonds is 8. The Hall–Kier alpha value is -4.38. The first-order valence-electron chi connectivity index (χ1n) is 11.7. The zero-order chi connectivity index (χ0) is 27.4. The summed E-state index contributed by atoms with van der Waals surface area (Å²) in [5.41, 5.74) is 1.18. The van der Waals surface area contributed by atoms with Gasteiger partial charge in [-0.15, -0.1) is 0 Å². The Balaban J connectivity index is 1.70. The molecule has 198 valence electrons. The molecule has 1 aliphatic rings. The van der Waals surface area contributed by atoms with Crippen LogP contribution in [-0.2, 0) is 22.6 Å². The number of nitrogens with one attached hydrogen (secondary N) is 1. The Kier molecular flexibility index (Phi) is 7.96. The SMILES string of the molecule is O=C(NN1CCCC1=O)C(O)=CC(O)c1cc(Cc2c(F)cccc2F)cn(Cc2ccccc2F)c1=O. The lowest BCUT2D eigenvalue weighted by atomic mass is 10.0. The lowest BCUT2D eigenvalue weighted by Gasteiger charge is -2.17. The monoisotopic (exact) mass is 527 g/mol. The van der Waals surface area contributed by atoms with E-state index in [4.69, 9.17) is 0 Å². The van der Waals surface area contributed by atoms with Gasteiger partial charge in [0, 0.05) is 36.7 Å². The number of halogens is 3. The molecule has 8 nitrogen and oxygen atoms in total. The van der Waals surface area contributed by atoms with Crippen molar-refractivity contribution in [1.29, 1.82) is 0 Å². The molecule has 11 heteroatoms. The molecule has 1 aromatic heterocycles. The summed E-state index contributed by atoms with van der Waals surface area (Å²) in [7, 11) is 0. The van der Waals surface area contributed by atoms with E-state index < -0.39 is 40.8 Å². The molecule has 2 heterocycles. The number of benzene rings is 2.